The number of rotatable bonds is 40. The van der Waals surface area contributed by atoms with Crippen molar-refractivity contribution in [1.29, 1.82) is 0 Å². The van der Waals surface area contributed by atoms with E-state index >= 15 is 0 Å². The Bertz CT molecular complexity index is 1500. The molecule has 1 N–H and O–H groups in total. The third kappa shape index (κ3) is 41.6. The fourth-order valence-corrected chi connectivity index (χ4v) is 6.11. The van der Waals surface area contributed by atoms with Crippen LogP contribution in [0.3, 0.4) is 0 Å². The molecule has 0 aliphatic heterocycles. The second-order valence-electron chi connectivity index (χ2n) is 15.4. The minimum atomic E-state index is -4.53. The first-order chi connectivity index (χ1) is 30.2. The van der Waals surface area contributed by atoms with E-state index in [0.717, 1.165) is 38.5 Å². The number of esters is 2. The summed E-state index contributed by atoms with van der Waals surface area (Å²) in [5, 5.41) is 0. The van der Waals surface area contributed by atoms with Crippen LogP contribution in [0.15, 0.2) is 48.4 Å². The van der Waals surface area contributed by atoms with Crippen molar-refractivity contribution in [2.24, 2.45) is 0 Å². The molecule has 0 heterocycles. The number of likely N-dealkylation sites (N-methyl/N-ethyl adjacent to an activating group) is 1. The van der Waals surface area contributed by atoms with Gasteiger partial charge in [-0.25, -0.2) is 4.57 Å². The van der Waals surface area contributed by atoms with Crippen LogP contribution in [0.4, 0.5) is 0 Å². The Kier molecular flexibility index (Phi) is 28.0. The Morgan fingerprint density at radius 1 is 0.589 bits per heavy atom. The molecule has 0 amide bonds. The van der Waals surface area contributed by atoms with Crippen LogP contribution < -0.4 is 0 Å². The summed E-state index contributed by atoms with van der Waals surface area (Å²) < 4.78 is 99.5. The average molecular weight is 819 g/mol. The number of hydrogen-bond donors (Lipinski definition) is 1. The van der Waals surface area contributed by atoms with Gasteiger partial charge in [0.25, 0.3) is 0 Å². The molecular formula is C46H85NO8P+. The van der Waals surface area contributed by atoms with Crippen LogP contribution in [0, 0.1) is 0 Å². The smallest absolute Gasteiger partial charge is 0.462 e. The first-order valence-electron chi connectivity index (χ1n) is 25.6. The van der Waals surface area contributed by atoms with Gasteiger partial charge < -0.3 is 18.9 Å². The third-order valence-corrected chi connectivity index (χ3v) is 9.76. The fourth-order valence-electron chi connectivity index (χ4n) is 5.37. The van der Waals surface area contributed by atoms with Crippen LogP contribution in [-0.4, -0.2) is 74.9 Å². The standard InChI is InChI=1S/C46H84NO8P/c1-6-8-10-12-14-16-18-20-22-23-25-27-29-31-33-35-37-39-46(49)55-44(43-54-56(50,51)53-41-40-47(3,4)5)42-52-45(48)38-36-34-32-30-28-26-24-21-19-17-15-13-11-9-7-2/h14,16,20,22,25,27,31,33,44H,6-13,15,17-19,21,23-24,26,28-30,32,34-43H2,1-5H3/p+1/b16-14+,22-20+,27-25+,33-31+/t44-/m1/s1/i14D,16D,20D,22D,25D,27D,31D,33D. The van der Waals surface area contributed by atoms with Gasteiger partial charge in [0.15, 0.2) is 6.10 Å². The molecule has 0 aliphatic carbocycles. The van der Waals surface area contributed by atoms with Crippen molar-refractivity contribution in [3.05, 3.63) is 48.4 Å². The number of nitrogens with zero attached hydrogens (tertiary/aromatic N) is 1. The van der Waals surface area contributed by atoms with Crippen LogP contribution in [-0.2, 0) is 32.7 Å². The Morgan fingerprint density at radius 2 is 1.02 bits per heavy atom. The summed E-state index contributed by atoms with van der Waals surface area (Å²) in [5.74, 6) is -1.23. The maximum atomic E-state index is 12.8. The second kappa shape index (κ2) is 38.5. The summed E-state index contributed by atoms with van der Waals surface area (Å²) >= 11 is 0. The monoisotopic (exact) mass is 819 g/mol. The number of ether oxygens (including phenoxy) is 2. The summed E-state index contributed by atoms with van der Waals surface area (Å²) in [6, 6.07) is -1.40. The van der Waals surface area contributed by atoms with Gasteiger partial charge in [0.05, 0.1) is 38.7 Å². The minimum absolute atomic E-state index is 0.0251. The highest BCUT2D eigenvalue weighted by atomic mass is 31.2. The predicted octanol–water partition coefficient (Wildman–Crippen LogP) is 12.7. The number of carbonyl (C=O) groups excluding carboxylic acids is 2. The van der Waals surface area contributed by atoms with Crippen LogP contribution in [0.5, 0.6) is 0 Å². The molecule has 0 aromatic carbocycles. The highest BCUT2D eigenvalue weighted by molar-refractivity contribution is 7.47. The molecule has 9 nitrogen and oxygen atoms in total. The maximum absolute atomic E-state index is 12.8. The number of carbonyl (C=O) groups is 2. The molecule has 0 saturated carbocycles. The van der Waals surface area contributed by atoms with Crippen molar-refractivity contribution in [1.82, 2.24) is 0 Å². The Balaban J connectivity index is 5.07. The molecule has 10 heteroatoms. The molecule has 0 radical (unpaired) electrons. The third-order valence-electron chi connectivity index (χ3n) is 8.77. The van der Waals surface area contributed by atoms with E-state index in [0.29, 0.717) is 23.9 Å². The van der Waals surface area contributed by atoms with Crippen molar-refractivity contribution in [3.8, 4) is 0 Å². The van der Waals surface area contributed by atoms with E-state index in [1.807, 2.05) is 28.1 Å². The summed E-state index contributed by atoms with van der Waals surface area (Å²) in [5.41, 5.74) is 0. The minimum Gasteiger partial charge on any atom is -0.462 e. The van der Waals surface area contributed by atoms with Gasteiger partial charge in [0, 0.05) is 12.8 Å². The highest BCUT2D eigenvalue weighted by Gasteiger charge is 2.27. The summed E-state index contributed by atoms with van der Waals surface area (Å²) in [7, 11) is 1.15. The SMILES string of the molecule is [2H]/C(CCCCC)=C(/[2H])C/C([2H])=C(\[2H])C/C([2H])=C(\[2H])C/C([2H])=C(\[2H])CCCC(=O)O[C@H](COC(=O)CCCCCCCCCCCCCCCCC)COP(=O)(O)OCC[N+](C)(C)C. The van der Waals surface area contributed by atoms with Gasteiger partial charge in [-0.2, -0.15) is 0 Å². The fraction of sp³-hybridized carbons (Fsp3) is 0.783. The quantitative estimate of drug-likeness (QED) is 0.0214. The van der Waals surface area contributed by atoms with Gasteiger partial charge in [-0.05, 0) is 51.4 Å². The number of quaternary nitrogens is 1. The zero-order chi connectivity index (χ0) is 48.4. The zero-order valence-electron chi connectivity index (χ0n) is 44.0. The highest BCUT2D eigenvalue weighted by Crippen LogP contribution is 2.43. The van der Waals surface area contributed by atoms with E-state index in [2.05, 4.69) is 6.92 Å². The normalized spacial score (nSPS) is 17.5. The molecule has 1 unspecified atom stereocenters. The van der Waals surface area contributed by atoms with Gasteiger partial charge in [-0.1, -0.05) is 165 Å². The summed E-state index contributed by atoms with van der Waals surface area (Å²) in [6.07, 6.45) is 19.0. The van der Waals surface area contributed by atoms with Crippen LogP contribution >= 0.6 is 7.82 Å². The molecular weight excluding hydrogens is 725 g/mol. The molecule has 326 valence electrons. The molecule has 0 bridgehead atoms. The molecule has 0 spiro atoms. The summed E-state index contributed by atoms with van der Waals surface area (Å²) in [6.45, 7) is 3.66. The Labute approximate surface area is 355 Å². The van der Waals surface area contributed by atoms with Crippen molar-refractivity contribution in [2.75, 3.05) is 47.5 Å². The van der Waals surface area contributed by atoms with E-state index < -0.39 is 39.1 Å². The number of phosphoric ester groups is 1. The molecule has 2 atom stereocenters. The number of phosphoric acid groups is 1. The van der Waals surface area contributed by atoms with E-state index in [1.165, 1.54) is 70.6 Å². The molecule has 56 heavy (non-hydrogen) atoms. The molecule has 0 aliphatic rings. The topological polar surface area (TPSA) is 108 Å². The van der Waals surface area contributed by atoms with E-state index in [1.54, 1.807) is 0 Å². The van der Waals surface area contributed by atoms with Crippen molar-refractivity contribution < 1.29 is 53.0 Å². The molecule has 0 rings (SSSR count). The lowest BCUT2D eigenvalue weighted by Gasteiger charge is -2.24. The van der Waals surface area contributed by atoms with Gasteiger partial charge in [0.2, 0.25) is 0 Å². The molecule has 0 fully saturated rings. The first-order valence-corrected chi connectivity index (χ1v) is 23.1. The van der Waals surface area contributed by atoms with E-state index in [9.17, 15) is 19.0 Å². The van der Waals surface area contributed by atoms with Crippen LogP contribution in [0.1, 0.15) is 192 Å². The van der Waals surface area contributed by atoms with E-state index in [-0.39, 0.29) is 100.0 Å². The number of unbranched alkanes of at least 4 members (excludes halogenated alkanes) is 16. The molecule has 0 saturated heterocycles. The van der Waals surface area contributed by atoms with Crippen molar-refractivity contribution >= 4 is 19.8 Å². The second-order valence-corrected chi connectivity index (χ2v) is 16.8. The Morgan fingerprint density at radius 3 is 1.52 bits per heavy atom. The Hall–Kier alpha value is -2.03. The van der Waals surface area contributed by atoms with Crippen molar-refractivity contribution in [3.63, 3.8) is 0 Å². The lowest BCUT2D eigenvalue weighted by Crippen LogP contribution is -2.37. The molecule has 0 aromatic heterocycles. The largest absolute Gasteiger partial charge is 0.472 e. The van der Waals surface area contributed by atoms with Crippen molar-refractivity contribution in [2.45, 2.75) is 187 Å². The van der Waals surface area contributed by atoms with Crippen LogP contribution in [0.25, 0.3) is 0 Å². The predicted molar refractivity (Wildman–Crippen MR) is 233 cm³/mol. The molecule has 0 aromatic rings. The van der Waals surface area contributed by atoms with Crippen LogP contribution in [0.2, 0.25) is 0 Å². The average Bonchev–Trinajstić information content (AvgIpc) is 3.22. The van der Waals surface area contributed by atoms with E-state index in [4.69, 9.17) is 29.5 Å². The maximum Gasteiger partial charge on any atom is 0.472 e. The van der Waals surface area contributed by atoms with Gasteiger partial charge >= 0.3 is 19.8 Å². The lowest BCUT2D eigenvalue weighted by molar-refractivity contribution is -0.870. The number of allylic oxidation sites excluding steroid dienone is 8. The zero-order valence-corrected chi connectivity index (χ0v) is 36.9. The van der Waals surface area contributed by atoms with Gasteiger partial charge in [0.1, 0.15) is 19.8 Å². The van der Waals surface area contributed by atoms with Gasteiger partial charge in [-0.3, -0.25) is 18.6 Å². The lowest BCUT2D eigenvalue weighted by atomic mass is 10.0. The van der Waals surface area contributed by atoms with Gasteiger partial charge in [-0.15, -0.1) is 0 Å². The summed E-state index contributed by atoms with van der Waals surface area (Å²) in [4.78, 5) is 35.6. The first kappa shape index (κ1) is 40.7. The number of hydrogen-bond acceptors (Lipinski definition) is 7.